The minimum Gasteiger partial charge on any atom is -0.490 e. The fourth-order valence-electron chi connectivity index (χ4n) is 2.89. The molecule has 6 nitrogen and oxygen atoms in total. The SMILES string of the molecule is CCOc1cccc(F)c1Oc1ncccc1C1CCNCC1.O=C(O)C(F)(F)F. The average molecular weight is 430 g/mol. The first-order chi connectivity index (χ1) is 14.2. The standard InChI is InChI=1S/C18H21FN2O2.C2HF3O2/c1-2-22-16-7-3-6-15(19)17(16)23-18-14(5-4-10-21-18)13-8-11-20-12-9-13;3-2(4,5)1(6)7/h3-7,10,13,20H,2,8-9,11-12H2,1H3;(H,6,7). The van der Waals surface area contributed by atoms with Crippen molar-refractivity contribution in [1.29, 1.82) is 0 Å². The van der Waals surface area contributed by atoms with Gasteiger partial charge in [0.2, 0.25) is 11.6 Å². The molecule has 0 bridgehead atoms. The lowest BCUT2D eigenvalue weighted by Crippen LogP contribution is -2.26. The van der Waals surface area contributed by atoms with Crippen LogP contribution in [-0.2, 0) is 4.79 Å². The summed E-state index contributed by atoms with van der Waals surface area (Å²) in [4.78, 5) is 13.2. The summed E-state index contributed by atoms with van der Waals surface area (Å²) in [6, 6.07) is 8.59. The minimum absolute atomic E-state index is 0.100. The quantitative estimate of drug-likeness (QED) is 0.680. The number of carboxylic acid groups (broad SMARTS) is 1. The molecule has 0 spiro atoms. The van der Waals surface area contributed by atoms with Crippen LogP contribution in [0.2, 0.25) is 0 Å². The van der Waals surface area contributed by atoms with Crippen LogP contribution in [0.25, 0.3) is 0 Å². The van der Waals surface area contributed by atoms with E-state index in [2.05, 4.69) is 10.3 Å². The number of aromatic nitrogens is 1. The van der Waals surface area contributed by atoms with Crippen molar-refractivity contribution in [3.63, 3.8) is 0 Å². The number of piperidine rings is 1. The smallest absolute Gasteiger partial charge is 0.490 e. The molecule has 3 rings (SSSR count). The Hall–Kier alpha value is -2.88. The van der Waals surface area contributed by atoms with Crippen molar-refractivity contribution in [2.75, 3.05) is 19.7 Å². The Morgan fingerprint density at radius 2 is 1.90 bits per heavy atom. The van der Waals surface area contributed by atoms with Gasteiger partial charge in [0.05, 0.1) is 6.61 Å². The summed E-state index contributed by atoms with van der Waals surface area (Å²) in [6.07, 6.45) is -1.36. The van der Waals surface area contributed by atoms with Crippen LogP contribution in [0.5, 0.6) is 17.4 Å². The van der Waals surface area contributed by atoms with Crippen LogP contribution < -0.4 is 14.8 Å². The number of carbonyl (C=O) groups is 1. The van der Waals surface area contributed by atoms with Crippen LogP contribution in [0, 0.1) is 5.82 Å². The van der Waals surface area contributed by atoms with E-state index in [1.165, 1.54) is 6.07 Å². The van der Waals surface area contributed by atoms with Gasteiger partial charge in [-0.1, -0.05) is 12.1 Å². The Morgan fingerprint density at radius 1 is 1.23 bits per heavy atom. The van der Waals surface area contributed by atoms with E-state index < -0.39 is 18.0 Å². The number of benzene rings is 1. The van der Waals surface area contributed by atoms with E-state index in [1.807, 2.05) is 19.1 Å². The highest BCUT2D eigenvalue weighted by Crippen LogP contribution is 2.38. The summed E-state index contributed by atoms with van der Waals surface area (Å²) < 4.78 is 57.2. The lowest BCUT2D eigenvalue weighted by Gasteiger charge is -2.24. The number of pyridine rings is 1. The molecule has 10 heteroatoms. The van der Waals surface area contributed by atoms with Gasteiger partial charge in [-0.05, 0) is 57.0 Å². The molecule has 1 aliphatic heterocycles. The largest absolute Gasteiger partial charge is 0.490 e. The summed E-state index contributed by atoms with van der Waals surface area (Å²) in [5, 5.41) is 10.5. The molecule has 1 saturated heterocycles. The Labute approximate surface area is 170 Å². The molecule has 2 heterocycles. The number of rotatable bonds is 5. The number of aliphatic carboxylic acids is 1. The first-order valence-electron chi connectivity index (χ1n) is 9.29. The van der Waals surface area contributed by atoms with E-state index in [1.54, 1.807) is 18.3 Å². The lowest BCUT2D eigenvalue weighted by molar-refractivity contribution is -0.192. The van der Waals surface area contributed by atoms with Crippen molar-refractivity contribution in [1.82, 2.24) is 10.3 Å². The monoisotopic (exact) mass is 430 g/mol. The molecule has 1 aromatic heterocycles. The molecule has 2 aromatic rings. The fraction of sp³-hybridized carbons (Fsp3) is 0.400. The number of nitrogens with one attached hydrogen (secondary N) is 1. The van der Waals surface area contributed by atoms with E-state index in [0.29, 0.717) is 24.2 Å². The van der Waals surface area contributed by atoms with Gasteiger partial charge in [-0.25, -0.2) is 14.2 Å². The number of carboxylic acids is 1. The second kappa shape index (κ2) is 10.8. The number of ether oxygens (including phenoxy) is 2. The molecule has 1 fully saturated rings. The average Bonchev–Trinajstić information content (AvgIpc) is 2.71. The van der Waals surface area contributed by atoms with E-state index in [4.69, 9.17) is 19.4 Å². The van der Waals surface area contributed by atoms with Crippen molar-refractivity contribution >= 4 is 5.97 Å². The van der Waals surface area contributed by atoms with Crippen LogP contribution in [0.15, 0.2) is 36.5 Å². The second-order valence-electron chi connectivity index (χ2n) is 6.33. The number of nitrogens with zero attached hydrogens (tertiary/aromatic N) is 1. The maximum Gasteiger partial charge on any atom is 0.490 e. The van der Waals surface area contributed by atoms with Gasteiger partial charge in [-0.15, -0.1) is 0 Å². The zero-order valence-electron chi connectivity index (χ0n) is 16.2. The lowest BCUT2D eigenvalue weighted by atomic mass is 9.91. The number of alkyl halides is 3. The van der Waals surface area contributed by atoms with Gasteiger partial charge in [0.1, 0.15) is 0 Å². The third-order valence-corrected chi connectivity index (χ3v) is 4.25. The van der Waals surface area contributed by atoms with Gasteiger partial charge in [-0.3, -0.25) is 0 Å². The van der Waals surface area contributed by atoms with Gasteiger partial charge in [0, 0.05) is 11.8 Å². The molecule has 2 N–H and O–H groups in total. The molecular formula is C20H22F4N2O4. The minimum atomic E-state index is -5.08. The van der Waals surface area contributed by atoms with Crippen molar-refractivity contribution < 1.29 is 36.9 Å². The predicted molar refractivity (Wildman–Crippen MR) is 100 cm³/mol. The highest BCUT2D eigenvalue weighted by molar-refractivity contribution is 5.73. The summed E-state index contributed by atoms with van der Waals surface area (Å²) >= 11 is 0. The molecule has 1 aliphatic rings. The van der Waals surface area contributed by atoms with Gasteiger partial charge in [0.15, 0.2) is 11.6 Å². The molecular weight excluding hydrogens is 408 g/mol. The first-order valence-corrected chi connectivity index (χ1v) is 9.29. The van der Waals surface area contributed by atoms with Crippen LogP contribution in [0.1, 0.15) is 31.2 Å². The summed E-state index contributed by atoms with van der Waals surface area (Å²) in [6.45, 7) is 4.25. The van der Waals surface area contributed by atoms with Gasteiger partial charge >= 0.3 is 12.1 Å². The predicted octanol–water partition coefficient (Wildman–Crippen LogP) is 4.51. The molecule has 0 saturated carbocycles. The van der Waals surface area contributed by atoms with Gasteiger partial charge in [0.25, 0.3) is 0 Å². The zero-order valence-corrected chi connectivity index (χ0v) is 16.2. The maximum atomic E-state index is 14.2. The zero-order chi connectivity index (χ0) is 22.1. The molecule has 1 aromatic carbocycles. The summed E-state index contributed by atoms with van der Waals surface area (Å²) in [5.41, 5.74) is 1.03. The molecule has 0 amide bonds. The molecule has 0 radical (unpaired) electrons. The van der Waals surface area contributed by atoms with E-state index in [9.17, 15) is 17.6 Å². The Morgan fingerprint density at radius 3 is 2.50 bits per heavy atom. The Balaban J connectivity index is 0.000000396. The van der Waals surface area contributed by atoms with E-state index >= 15 is 0 Å². The second-order valence-corrected chi connectivity index (χ2v) is 6.33. The highest BCUT2D eigenvalue weighted by atomic mass is 19.4. The number of para-hydroxylation sites is 1. The van der Waals surface area contributed by atoms with E-state index in [-0.39, 0.29) is 5.75 Å². The summed E-state index contributed by atoms with van der Waals surface area (Å²) in [5.74, 6) is -1.87. The number of hydrogen-bond donors (Lipinski definition) is 2. The van der Waals surface area contributed by atoms with Gasteiger partial charge in [-0.2, -0.15) is 13.2 Å². The maximum absolute atomic E-state index is 14.2. The van der Waals surface area contributed by atoms with Crippen LogP contribution >= 0.6 is 0 Å². The van der Waals surface area contributed by atoms with Crippen LogP contribution in [0.4, 0.5) is 17.6 Å². The number of hydrogen-bond acceptors (Lipinski definition) is 5. The summed E-state index contributed by atoms with van der Waals surface area (Å²) in [7, 11) is 0. The Kier molecular flexibility index (Phi) is 8.40. The first kappa shape index (κ1) is 23.4. The van der Waals surface area contributed by atoms with Gasteiger partial charge < -0.3 is 19.9 Å². The molecule has 164 valence electrons. The van der Waals surface area contributed by atoms with Crippen molar-refractivity contribution in [3.8, 4) is 17.4 Å². The molecule has 0 unspecified atom stereocenters. The fourth-order valence-corrected chi connectivity index (χ4v) is 2.89. The van der Waals surface area contributed by atoms with Crippen LogP contribution in [-0.4, -0.2) is 41.9 Å². The van der Waals surface area contributed by atoms with Crippen molar-refractivity contribution in [3.05, 3.63) is 47.9 Å². The Bertz CT molecular complexity index is 840. The topological polar surface area (TPSA) is 80.7 Å². The molecule has 0 atom stereocenters. The molecule has 30 heavy (non-hydrogen) atoms. The normalized spacial score (nSPS) is 14.4. The van der Waals surface area contributed by atoms with E-state index in [0.717, 1.165) is 31.5 Å². The highest BCUT2D eigenvalue weighted by Gasteiger charge is 2.38. The van der Waals surface area contributed by atoms with Crippen molar-refractivity contribution in [2.24, 2.45) is 0 Å². The third kappa shape index (κ3) is 6.58. The van der Waals surface area contributed by atoms with Crippen LogP contribution in [0.3, 0.4) is 0 Å². The van der Waals surface area contributed by atoms with Crippen molar-refractivity contribution in [2.45, 2.75) is 31.9 Å². The third-order valence-electron chi connectivity index (χ3n) is 4.25. The number of halogens is 4. The molecule has 0 aliphatic carbocycles.